The summed E-state index contributed by atoms with van der Waals surface area (Å²) in [6.45, 7) is 0.808. The maximum atomic E-state index is 12.9. The number of ether oxygens (including phenoxy) is 1. The Morgan fingerprint density at radius 3 is 2.73 bits per heavy atom. The van der Waals surface area contributed by atoms with Gasteiger partial charge in [0.15, 0.2) is 0 Å². The molecule has 0 bridgehead atoms. The van der Waals surface area contributed by atoms with Crippen molar-refractivity contribution >= 4 is 5.91 Å². The van der Waals surface area contributed by atoms with E-state index in [4.69, 9.17) is 4.74 Å². The normalized spacial score (nSPS) is 22.8. The number of pyridine rings is 1. The molecule has 0 radical (unpaired) electrons. The third-order valence-corrected chi connectivity index (χ3v) is 5.09. The van der Waals surface area contributed by atoms with Gasteiger partial charge >= 0.3 is 0 Å². The number of rotatable bonds is 3. The van der Waals surface area contributed by atoms with E-state index in [-0.39, 0.29) is 11.5 Å². The number of aromatic amines is 1. The van der Waals surface area contributed by atoms with Gasteiger partial charge in [-0.3, -0.25) is 9.59 Å². The van der Waals surface area contributed by atoms with Gasteiger partial charge in [0.2, 0.25) is 0 Å². The second kappa shape index (κ2) is 6.55. The van der Waals surface area contributed by atoms with Crippen LogP contribution in [0.2, 0.25) is 0 Å². The number of H-pyrrole nitrogens is 1. The topological polar surface area (TPSA) is 62.4 Å². The Balaban J connectivity index is 1.82. The van der Waals surface area contributed by atoms with Gasteiger partial charge in [-0.05, 0) is 31.6 Å². The van der Waals surface area contributed by atoms with Crippen LogP contribution in [-0.2, 0) is 0 Å². The summed E-state index contributed by atoms with van der Waals surface area (Å²) < 4.78 is 5.22. The van der Waals surface area contributed by atoms with Crippen molar-refractivity contribution in [3.63, 3.8) is 0 Å². The van der Waals surface area contributed by atoms with Crippen LogP contribution in [-0.4, -0.2) is 35.5 Å². The smallest absolute Gasteiger partial charge is 0.259 e. The lowest BCUT2D eigenvalue weighted by Crippen LogP contribution is -2.41. The van der Waals surface area contributed by atoms with E-state index in [0.717, 1.165) is 19.4 Å². The SMILES string of the molecule is COc1cc(=O)[nH]cc1C(=O)N1CCCC1C1CCCCC1. The highest BCUT2D eigenvalue weighted by Gasteiger charge is 2.36. The van der Waals surface area contributed by atoms with Gasteiger partial charge in [0, 0.05) is 24.8 Å². The zero-order chi connectivity index (χ0) is 15.5. The Morgan fingerprint density at radius 2 is 2.00 bits per heavy atom. The Labute approximate surface area is 130 Å². The third-order valence-electron chi connectivity index (χ3n) is 5.09. The van der Waals surface area contributed by atoms with Crippen LogP contribution in [0.5, 0.6) is 5.75 Å². The predicted molar refractivity (Wildman–Crippen MR) is 84.2 cm³/mol. The molecule has 1 atom stereocenters. The summed E-state index contributed by atoms with van der Waals surface area (Å²) in [4.78, 5) is 28.9. The average molecular weight is 304 g/mol. The van der Waals surface area contributed by atoms with E-state index in [0.29, 0.717) is 23.3 Å². The van der Waals surface area contributed by atoms with Crippen LogP contribution >= 0.6 is 0 Å². The summed E-state index contributed by atoms with van der Waals surface area (Å²) in [6.07, 6.45) is 10.0. The maximum absolute atomic E-state index is 12.9. The van der Waals surface area contributed by atoms with Crippen LogP contribution in [0.3, 0.4) is 0 Å². The van der Waals surface area contributed by atoms with E-state index in [9.17, 15) is 9.59 Å². The number of nitrogens with one attached hydrogen (secondary N) is 1. The maximum Gasteiger partial charge on any atom is 0.259 e. The Morgan fingerprint density at radius 1 is 1.23 bits per heavy atom. The molecule has 1 aromatic rings. The van der Waals surface area contributed by atoms with Gasteiger partial charge in [-0.1, -0.05) is 19.3 Å². The summed E-state index contributed by atoms with van der Waals surface area (Å²) in [7, 11) is 1.49. The van der Waals surface area contributed by atoms with E-state index >= 15 is 0 Å². The molecule has 3 rings (SSSR count). The highest BCUT2D eigenvalue weighted by atomic mass is 16.5. The summed E-state index contributed by atoms with van der Waals surface area (Å²) in [5.41, 5.74) is 0.212. The number of carbonyl (C=O) groups is 1. The predicted octanol–water partition coefficient (Wildman–Crippen LogP) is 2.57. The Hall–Kier alpha value is -1.78. The van der Waals surface area contributed by atoms with Gasteiger partial charge < -0.3 is 14.6 Å². The minimum atomic E-state index is -0.251. The van der Waals surface area contributed by atoms with Crippen molar-refractivity contribution in [2.45, 2.75) is 51.0 Å². The van der Waals surface area contributed by atoms with E-state index in [2.05, 4.69) is 4.98 Å². The standard InChI is InChI=1S/C17H24N2O3/c1-22-15-10-16(20)18-11-13(15)17(21)19-9-5-8-14(19)12-6-3-2-4-7-12/h10-12,14H,2-9H2,1H3,(H,18,20). The highest BCUT2D eigenvalue weighted by molar-refractivity contribution is 5.97. The first-order valence-corrected chi connectivity index (χ1v) is 8.28. The third kappa shape index (κ3) is 2.89. The molecule has 1 unspecified atom stereocenters. The summed E-state index contributed by atoms with van der Waals surface area (Å²) in [5.74, 6) is 0.984. The minimum Gasteiger partial charge on any atom is -0.496 e. The monoisotopic (exact) mass is 304 g/mol. The van der Waals surface area contributed by atoms with Gasteiger partial charge in [-0.15, -0.1) is 0 Å². The first kappa shape index (κ1) is 15.1. The van der Waals surface area contributed by atoms with Crippen molar-refractivity contribution in [2.75, 3.05) is 13.7 Å². The van der Waals surface area contributed by atoms with Gasteiger partial charge in [0.25, 0.3) is 11.5 Å². The molecule has 2 aliphatic rings. The number of hydrogen-bond donors (Lipinski definition) is 1. The molecule has 2 heterocycles. The van der Waals surface area contributed by atoms with Crippen molar-refractivity contribution in [1.29, 1.82) is 0 Å². The fourth-order valence-corrected chi connectivity index (χ4v) is 4.00. The molecule has 2 fully saturated rings. The lowest BCUT2D eigenvalue weighted by atomic mass is 9.83. The van der Waals surface area contributed by atoms with Gasteiger partial charge in [-0.25, -0.2) is 0 Å². The van der Waals surface area contributed by atoms with Gasteiger partial charge in [0.05, 0.1) is 12.7 Å². The summed E-state index contributed by atoms with van der Waals surface area (Å²) in [6, 6.07) is 1.70. The van der Waals surface area contributed by atoms with Crippen LogP contribution in [0.25, 0.3) is 0 Å². The van der Waals surface area contributed by atoms with Crippen LogP contribution in [0.4, 0.5) is 0 Å². The van der Waals surface area contributed by atoms with Crippen LogP contribution in [0.1, 0.15) is 55.3 Å². The first-order valence-electron chi connectivity index (χ1n) is 8.28. The molecular formula is C17H24N2O3. The molecular weight excluding hydrogens is 280 g/mol. The molecule has 1 saturated heterocycles. The van der Waals surface area contributed by atoms with E-state index in [1.807, 2.05) is 4.90 Å². The number of methoxy groups -OCH3 is 1. The van der Waals surface area contributed by atoms with Gasteiger partial charge in [-0.2, -0.15) is 0 Å². The molecule has 1 aliphatic carbocycles. The van der Waals surface area contributed by atoms with E-state index in [1.165, 1.54) is 51.5 Å². The van der Waals surface area contributed by atoms with Crippen LogP contribution in [0, 0.1) is 5.92 Å². The molecule has 0 aromatic carbocycles. The molecule has 5 heteroatoms. The number of aromatic nitrogens is 1. The molecule has 1 N–H and O–H groups in total. The van der Waals surface area contributed by atoms with E-state index in [1.54, 1.807) is 0 Å². The quantitative estimate of drug-likeness (QED) is 0.933. The van der Waals surface area contributed by atoms with Crippen LogP contribution < -0.4 is 10.3 Å². The molecule has 22 heavy (non-hydrogen) atoms. The molecule has 1 aliphatic heterocycles. The van der Waals surface area contributed by atoms with Gasteiger partial charge in [0.1, 0.15) is 5.75 Å². The molecule has 5 nitrogen and oxygen atoms in total. The molecule has 120 valence electrons. The van der Waals surface area contributed by atoms with E-state index < -0.39 is 0 Å². The summed E-state index contributed by atoms with van der Waals surface area (Å²) in [5, 5.41) is 0. The van der Waals surface area contributed by atoms with Crippen molar-refractivity contribution in [3.8, 4) is 5.75 Å². The molecule has 1 aromatic heterocycles. The highest BCUT2D eigenvalue weighted by Crippen LogP contribution is 2.35. The lowest BCUT2D eigenvalue weighted by Gasteiger charge is -2.34. The molecule has 0 spiro atoms. The fraction of sp³-hybridized carbons (Fsp3) is 0.647. The van der Waals surface area contributed by atoms with Crippen molar-refractivity contribution in [2.24, 2.45) is 5.92 Å². The Bertz CT molecular complexity index is 590. The summed E-state index contributed by atoms with van der Waals surface area (Å²) >= 11 is 0. The number of amides is 1. The number of nitrogens with zero attached hydrogens (tertiary/aromatic N) is 1. The zero-order valence-corrected chi connectivity index (χ0v) is 13.1. The van der Waals surface area contributed by atoms with Crippen LogP contribution in [0.15, 0.2) is 17.1 Å². The minimum absolute atomic E-state index is 0.0128. The Kier molecular flexibility index (Phi) is 4.50. The fourth-order valence-electron chi connectivity index (χ4n) is 4.00. The second-order valence-electron chi connectivity index (χ2n) is 6.39. The average Bonchev–Trinajstić information content (AvgIpc) is 3.04. The first-order chi connectivity index (χ1) is 10.7. The number of hydrogen-bond acceptors (Lipinski definition) is 3. The number of carbonyl (C=O) groups excluding carboxylic acids is 1. The van der Waals surface area contributed by atoms with Crippen molar-refractivity contribution < 1.29 is 9.53 Å². The number of likely N-dealkylation sites (tertiary alicyclic amines) is 1. The largest absolute Gasteiger partial charge is 0.496 e. The molecule has 1 amide bonds. The second-order valence-corrected chi connectivity index (χ2v) is 6.39. The van der Waals surface area contributed by atoms with Crippen molar-refractivity contribution in [3.05, 3.63) is 28.2 Å². The molecule has 1 saturated carbocycles. The lowest BCUT2D eigenvalue weighted by molar-refractivity contribution is 0.0657. The zero-order valence-electron chi connectivity index (χ0n) is 13.1. The van der Waals surface area contributed by atoms with Crippen molar-refractivity contribution in [1.82, 2.24) is 9.88 Å².